The first kappa shape index (κ1) is 17.9. The van der Waals surface area contributed by atoms with Crippen LogP contribution in [0.25, 0.3) is 22.7 Å². The van der Waals surface area contributed by atoms with Crippen LogP contribution in [0.15, 0.2) is 60.4 Å². The van der Waals surface area contributed by atoms with Crippen LogP contribution >= 0.6 is 0 Å². The van der Waals surface area contributed by atoms with Gasteiger partial charge in [0.1, 0.15) is 24.1 Å². The fourth-order valence-electron chi connectivity index (χ4n) is 2.36. The Morgan fingerprint density at radius 1 is 1.30 bits per heavy atom. The van der Waals surface area contributed by atoms with Crippen LogP contribution in [0, 0.1) is 17.1 Å². The van der Waals surface area contributed by atoms with Gasteiger partial charge in [0.05, 0.1) is 11.0 Å². The first-order chi connectivity index (χ1) is 13.1. The van der Waals surface area contributed by atoms with Gasteiger partial charge in [-0.1, -0.05) is 24.3 Å². The number of carbonyl (C=O) groups is 1. The molecule has 0 spiro atoms. The van der Waals surface area contributed by atoms with Gasteiger partial charge in [-0.3, -0.25) is 0 Å². The van der Waals surface area contributed by atoms with E-state index in [1.54, 1.807) is 24.3 Å². The lowest BCUT2D eigenvalue weighted by molar-refractivity contribution is -0.137. The molecule has 3 rings (SSSR count). The molecular weight excluding hydrogens is 349 g/mol. The number of carbonyl (C=O) groups excluding carboxylic acids is 1. The van der Waals surface area contributed by atoms with Crippen LogP contribution in [0.4, 0.5) is 4.39 Å². The molecule has 7 heteroatoms. The second kappa shape index (κ2) is 7.97. The Labute approximate surface area is 153 Å². The molecule has 0 aliphatic rings. The standard InChI is InChI=1S/C20H14FN3O3/c21-14-5-3-4-13(10-14)8-9-19(26)27-12-18(25)15(11-22)20-23-16-6-1-2-7-17(16)24-20/h1-10,25H,12H2,(H,23,24). The fourth-order valence-corrected chi connectivity index (χ4v) is 2.36. The van der Waals surface area contributed by atoms with Crippen molar-refractivity contribution in [3.8, 4) is 6.07 Å². The first-order valence-electron chi connectivity index (χ1n) is 7.94. The van der Waals surface area contributed by atoms with Crippen molar-refractivity contribution >= 4 is 28.7 Å². The summed E-state index contributed by atoms with van der Waals surface area (Å²) in [6, 6.07) is 14.7. The minimum absolute atomic E-state index is 0.117. The van der Waals surface area contributed by atoms with Gasteiger partial charge in [0.25, 0.3) is 0 Å². The van der Waals surface area contributed by atoms with Crippen LogP contribution in [0.3, 0.4) is 0 Å². The highest BCUT2D eigenvalue weighted by molar-refractivity contribution is 5.87. The zero-order valence-corrected chi connectivity index (χ0v) is 14.0. The fraction of sp³-hybridized carbons (Fsp3) is 0.0500. The third-order valence-electron chi connectivity index (χ3n) is 3.64. The number of nitrogens with one attached hydrogen (secondary N) is 1. The van der Waals surface area contributed by atoms with Crippen molar-refractivity contribution in [3.05, 3.63) is 77.6 Å². The van der Waals surface area contributed by atoms with Crippen molar-refractivity contribution in [2.75, 3.05) is 6.61 Å². The van der Waals surface area contributed by atoms with Gasteiger partial charge in [0.2, 0.25) is 0 Å². The third-order valence-corrected chi connectivity index (χ3v) is 3.64. The average Bonchev–Trinajstić information content (AvgIpc) is 3.09. The predicted octanol–water partition coefficient (Wildman–Crippen LogP) is 3.75. The van der Waals surface area contributed by atoms with Gasteiger partial charge < -0.3 is 14.8 Å². The van der Waals surface area contributed by atoms with Crippen LogP contribution in [0.2, 0.25) is 0 Å². The van der Waals surface area contributed by atoms with Gasteiger partial charge in [-0.2, -0.15) is 5.26 Å². The van der Waals surface area contributed by atoms with E-state index in [-0.39, 0.29) is 11.4 Å². The van der Waals surface area contributed by atoms with Crippen LogP contribution in [0.5, 0.6) is 0 Å². The number of nitriles is 1. The van der Waals surface area contributed by atoms with Crippen LogP contribution in [-0.2, 0) is 9.53 Å². The predicted molar refractivity (Wildman–Crippen MR) is 97.6 cm³/mol. The monoisotopic (exact) mass is 363 g/mol. The lowest BCUT2D eigenvalue weighted by atomic mass is 10.2. The van der Waals surface area contributed by atoms with Gasteiger partial charge >= 0.3 is 5.97 Å². The van der Waals surface area contributed by atoms with E-state index in [4.69, 9.17) is 4.74 Å². The van der Waals surface area contributed by atoms with E-state index in [9.17, 15) is 19.6 Å². The SMILES string of the molecule is N#CC(=C(O)COC(=O)C=Cc1cccc(F)c1)c1nc2ccccc2[nH]1. The van der Waals surface area contributed by atoms with Crippen molar-refractivity contribution in [2.24, 2.45) is 0 Å². The van der Waals surface area contributed by atoms with Crippen LogP contribution in [0.1, 0.15) is 11.4 Å². The smallest absolute Gasteiger partial charge is 0.331 e. The molecule has 2 aromatic carbocycles. The summed E-state index contributed by atoms with van der Waals surface area (Å²) in [6.45, 7) is -0.494. The quantitative estimate of drug-likeness (QED) is 0.311. The average molecular weight is 363 g/mol. The summed E-state index contributed by atoms with van der Waals surface area (Å²) in [5, 5.41) is 19.4. The minimum Gasteiger partial charge on any atom is -0.507 e. The van der Waals surface area contributed by atoms with Gasteiger partial charge in [-0.25, -0.2) is 14.2 Å². The molecule has 0 atom stereocenters. The van der Waals surface area contributed by atoms with Crippen molar-refractivity contribution in [1.82, 2.24) is 9.97 Å². The Hall–Kier alpha value is -3.92. The maximum atomic E-state index is 13.1. The molecule has 1 aromatic heterocycles. The number of fused-ring (bicyclic) bond motifs is 1. The first-order valence-corrected chi connectivity index (χ1v) is 7.94. The molecule has 1 heterocycles. The zero-order valence-electron chi connectivity index (χ0n) is 14.0. The molecule has 0 aliphatic heterocycles. The maximum Gasteiger partial charge on any atom is 0.331 e. The molecule has 0 bridgehead atoms. The number of imidazole rings is 1. The Bertz CT molecular complexity index is 1060. The van der Waals surface area contributed by atoms with Crippen molar-refractivity contribution in [2.45, 2.75) is 0 Å². The summed E-state index contributed by atoms with van der Waals surface area (Å²) in [6.07, 6.45) is 2.49. The maximum absolute atomic E-state index is 13.1. The largest absolute Gasteiger partial charge is 0.507 e. The minimum atomic E-state index is -0.743. The lowest BCUT2D eigenvalue weighted by Gasteiger charge is -2.03. The number of hydrogen-bond acceptors (Lipinski definition) is 5. The highest BCUT2D eigenvalue weighted by Gasteiger charge is 2.14. The third kappa shape index (κ3) is 4.38. The van der Waals surface area contributed by atoms with Crippen LogP contribution in [-0.4, -0.2) is 27.7 Å². The summed E-state index contributed by atoms with van der Waals surface area (Å²) in [4.78, 5) is 18.9. The Balaban J connectivity index is 1.69. The zero-order chi connectivity index (χ0) is 19.2. The number of aliphatic hydroxyl groups is 1. The molecule has 3 aromatic rings. The molecule has 0 saturated carbocycles. The van der Waals surface area contributed by atoms with Crippen molar-refractivity contribution in [1.29, 1.82) is 5.26 Å². The van der Waals surface area contributed by atoms with Crippen molar-refractivity contribution in [3.63, 3.8) is 0 Å². The molecule has 0 amide bonds. The Kier molecular flexibility index (Phi) is 5.28. The number of halogens is 1. The Morgan fingerprint density at radius 2 is 2.11 bits per heavy atom. The Morgan fingerprint density at radius 3 is 2.85 bits per heavy atom. The van der Waals surface area contributed by atoms with E-state index in [0.29, 0.717) is 16.6 Å². The highest BCUT2D eigenvalue weighted by atomic mass is 19.1. The molecule has 0 unspecified atom stereocenters. The molecule has 27 heavy (non-hydrogen) atoms. The molecule has 134 valence electrons. The van der Waals surface area contributed by atoms with Gasteiger partial charge in [0, 0.05) is 6.08 Å². The number of aromatic nitrogens is 2. The summed E-state index contributed by atoms with van der Waals surface area (Å²) in [5.41, 5.74) is 1.73. The number of nitrogens with zero attached hydrogens (tertiary/aromatic N) is 2. The number of rotatable bonds is 5. The number of esters is 1. The highest BCUT2D eigenvalue weighted by Crippen LogP contribution is 2.18. The topological polar surface area (TPSA) is 99.0 Å². The molecule has 0 aliphatic carbocycles. The van der Waals surface area contributed by atoms with Gasteiger partial charge in [0.15, 0.2) is 11.6 Å². The number of ether oxygens (including phenoxy) is 1. The number of para-hydroxylation sites is 2. The number of hydrogen-bond donors (Lipinski definition) is 2. The number of allylic oxidation sites excluding steroid dienone is 1. The molecule has 6 nitrogen and oxygen atoms in total. The summed E-state index contributed by atoms with van der Waals surface area (Å²) >= 11 is 0. The molecule has 2 N–H and O–H groups in total. The normalized spacial score (nSPS) is 12.0. The second-order valence-corrected chi connectivity index (χ2v) is 5.53. The number of H-pyrrole nitrogens is 1. The van der Waals surface area contributed by atoms with Gasteiger partial charge in [-0.05, 0) is 35.9 Å². The van der Waals surface area contributed by atoms with Crippen LogP contribution < -0.4 is 0 Å². The van der Waals surface area contributed by atoms with E-state index in [0.717, 1.165) is 6.08 Å². The van der Waals surface area contributed by atoms with Gasteiger partial charge in [-0.15, -0.1) is 0 Å². The second-order valence-electron chi connectivity index (χ2n) is 5.53. The number of benzene rings is 2. The molecular formula is C20H14FN3O3. The van der Waals surface area contributed by atoms with Crippen molar-refractivity contribution < 1.29 is 19.0 Å². The summed E-state index contributed by atoms with van der Waals surface area (Å²) in [7, 11) is 0. The number of aliphatic hydroxyl groups excluding tert-OH is 1. The van der Waals surface area contributed by atoms with E-state index in [1.165, 1.54) is 24.3 Å². The van der Waals surface area contributed by atoms with E-state index >= 15 is 0 Å². The van der Waals surface area contributed by atoms with E-state index in [2.05, 4.69) is 9.97 Å². The molecule has 0 saturated heterocycles. The molecule has 0 radical (unpaired) electrons. The van der Waals surface area contributed by atoms with E-state index in [1.807, 2.05) is 12.1 Å². The van der Waals surface area contributed by atoms with E-state index < -0.39 is 24.2 Å². The number of aromatic amines is 1. The summed E-state index contributed by atoms with van der Waals surface area (Å²) in [5.74, 6) is -1.41. The lowest BCUT2D eigenvalue weighted by Crippen LogP contribution is -2.06. The summed E-state index contributed by atoms with van der Waals surface area (Å²) < 4.78 is 18.0. The molecule has 0 fully saturated rings.